The third kappa shape index (κ3) is 7.27. The predicted molar refractivity (Wildman–Crippen MR) is 106 cm³/mol. The van der Waals surface area contributed by atoms with Gasteiger partial charge < -0.3 is 15.4 Å². The summed E-state index contributed by atoms with van der Waals surface area (Å²) in [5.74, 6) is 1.46. The van der Waals surface area contributed by atoms with Crippen LogP contribution in [-0.2, 0) is 17.8 Å². The fraction of sp³-hybridized carbons (Fsp3) is 0.500. The van der Waals surface area contributed by atoms with Crippen molar-refractivity contribution in [1.29, 1.82) is 0 Å². The molecule has 2 rings (SSSR count). The number of rotatable bonds is 10. The summed E-state index contributed by atoms with van der Waals surface area (Å²) >= 11 is 0. The zero-order valence-corrected chi connectivity index (χ0v) is 16.1. The molecule has 0 saturated carbocycles. The van der Waals surface area contributed by atoms with E-state index in [-0.39, 0.29) is 0 Å². The van der Waals surface area contributed by atoms with Gasteiger partial charge in [0.15, 0.2) is 5.96 Å². The van der Waals surface area contributed by atoms with Crippen LogP contribution >= 0.6 is 0 Å². The number of nitrogens with zero attached hydrogens (tertiary/aromatic N) is 3. The van der Waals surface area contributed by atoms with Crippen LogP contribution < -0.4 is 10.6 Å². The SMILES string of the molecule is CN=C(NCCOCCC(C)C)NCc1ccccc1Cn1cccn1. The first-order chi connectivity index (χ1) is 12.7. The molecule has 0 aliphatic carbocycles. The molecular formula is C20H31N5O. The van der Waals surface area contributed by atoms with Crippen molar-refractivity contribution in [2.24, 2.45) is 10.9 Å². The van der Waals surface area contributed by atoms with Crippen LogP contribution in [0.15, 0.2) is 47.7 Å². The number of benzene rings is 1. The molecule has 2 aromatic rings. The van der Waals surface area contributed by atoms with Crippen molar-refractivity contribution < 1.29 is 4.74 Å². The Balaban J connectivity index is 1.76. The highest BCUT2D eigenvalue weighted by Gasteiger charge is 2.04. The monoisotopic (exact) mass is 357 g/mol. The Bertz CT molecular complexity index is 652. The van der Waals surface area contributed by atoms with E-state index in [0.29, 0.717) is 19.1 Å². The van der Waals surface area contributed by atoms with Crippen molar-refractivity contribution in [2.75, 3.05) is 26.8 Å². The average Bonchev–Trinajstić information content (AvgIpc) is 3.14. The lowest BCUT2D eigenvalue weighted by atomic mass is 10.1. The Labute approximate surface area is 156 Å². The van der Waals surface area contributed by atoms with E-state index in [1.165, 1.54) is 11.1 Å². The van der Waals surface area contributed by atoms with E-state index in [0.717, 1.165) is 32.1 Å². The predicted octanol–water partition coefficient (Wildman–Crippen LogP) is 2.66. The molecule has 0 saturated heterocycles. The molecule has 6 nitrogen and oxygen atoms in total. The second-order valence-electron chi connectivity index (χ2n) is 6.62. The van der Waals surface area contributed by atoms with E-state index in [1.807, 2.05) is 16.9 Å². The maximum atomic E-state index is 5.63. The zero-order chi connectivity index (χ0) is 18.6. The Kier molecular flexibility index (Phi) is 8.69. The largest absolute Gasteiger partial charge is 0.380 e. The first kappa shape index (κ1) is 20.0. The molecule has 1 aromatic heterocycles. The van der Waals surface area contributed by atoms with Crippen LogP contribution in [0.5, 0.6) is 0 Å². The molecule has 0 aliphatic rings. The lowest BCUT2D eigenvalue weighted by Crippen LogP contribution is -2.38. The second kappa shape index (κ2) is 11.3. The Morgan fingerprint density at radius 2 is 1.96 bits per heavy atom. The van der Waals surface area contributed by atoms with E-state index in [2.05, 4.69) is 58.8 Å². The highest BCUT2D eigenvalue weighted by atomic mass is 16.5. The fourth-order valence-corrected chi connectivity index (χ4v) is 2.51. The Morgan fingerprint density at radius 1 is 1.15 bits per heavy atom. The number of hydrogen-bond donors (Lipinski definition) is 2. The minimum absolute atomic E-state index is 0.680. The molecule has 142 valence electrons. The topological polar surface area (TPSA) is 63.5 Å². The lowest BCUT2D eigenvalue weighted by molar-refractivity contribution is 0.128. The summed E-state index contributed by atoms with van der Waals surface area (Å²) in [7, 11) is 1.78. The van der Waals surface area contributed by atoms with Crippen LogP contribution in [0.1, 0.15) is 31.4 Å². The fourth-order valence-electron chi connectivity index (χ4n) is 2.51. The summed E-state index contributed by atoms with van der Waals surface area (Å²) in [5.41, 5.74) is 2.48. The van der Waals surface area contributed by atoms with Gasteiger partial charge in [-0.1, -0.05) is 38.1 Å². The van der Waals surface area contributed by atoms with E-state index in [4.69, 9.17) is 4.74 Å². The molecule has 2 N–H and O–H groups in total. The Hall–Kier alpha value is -2.34. The van der Waals surface area contributed by atoms with Crippen molar-refractivity contribution in [3.63, 3.8) is 0 Å². The van der Waals surface area contributed by atoms with Gasteiger partial charge in [0.1, 0.15) is 0 Å². The first-order valence-electron chi connectivity index (χ1n) is 9.25. The standard InChI is InChI=1S/C20H31N5O/c1-17(2)9-13-26-14-11-22-20(21-3)23-15-18-7-4-5-8-19(18)16-25-12-6-10-24-25/h4-8,10,12,17H,9,11,13-16H2,1-3H3,(H2,21,22,23). The molecule has 0 fully saturated rings. The summed E-state index contributed by atoms with van der Waals surface area (Å²) in [6, 6.07) is 10.3. The Morgan fingerprint density at radius 3 is 2.65 bits per heavy atom. The summed E-state index contributed by atoms with van der Waals surface area (Å²) in [6.07, 6.45) is 4.87. The van der Waals surface area contributed by atoms with Gasteiger partial charge in [-0.05, 0) is 29.5 Å². The molecule has 0 unspecified atom stereocenters. The smallest absolute Gasteiger partial charge is 0.191 e. The zero-order valence-electron chi connectivity index (χ0n) is 16.1. The summed E-state index contributed by atoms with van der Waals surface area (Å²) in [6.45, 7) is 8.13. The van der Waals surface area contributed by atoms with Crippen molar-refractivity contribution in [1.82, 2.24) is 20.4 Å². The number of hydrogen-bond acceptors (Lipinski definition) is 3. The minimum atomic E-state index is 0.680. The van der Waals surface area contributed by atoms with Gasteiger partial charge in [-0.3, -0.25) is 9.67 Å². The number of aromatic nitrogens is 2. The summed E-state index contributed by atoms with van der Waals surface area (Å²) in [5, 5.41) is 10.9. The van der Waals surface area contributed by atoms with Crippen molar-refractivity contribution in [3.8, 4) is 0 Å². The van der Waals surface area contributed by atoms with Gasteiger partial charge >= 0.3 is 0 Å². The van der Waals surface area contributed by atoms with E-state index in [1.54, 1.807) is 13.2 Å². The van der Waals surface area contributed by atoms with E-state index in [9.17, 15) is 0 Å². The maximum Gasteiger partial charge on any atom is 0.191 e. The minimum Gasteiger partial charge on any atom is -0.380 e. The molecule has 0 amide bonds. The van der Waals surface area contributed by atoms with Gasteiger partial charge in [0.2, 0.25) is 0 Å². The molecule has 0 bridgehead atoms. The highest BCUT2D eigenvalue weighted by Crippen LogP contribution is 2.10. The number of aliphatic imine (C=N–C) groups is 1. The van der Waals surface area contributed by atoms with Crippen LogP contribution in [0.2, 0.25) is 0 Å². The molecule has 1 heterocycles. The van der Waals surface area contributed by atoms with Crippen LogP contribution in [0, 0.1) is 5.92 Å². The first-order valence-corrected chi connectivity index (χ1v) is 9.25. The number of nitrogens with one attached hydrogen (secondary N) is 2. The van der Waals surface area contributed by atoms with Gasteiger partial charge in [-0.15, -0.1) is 0 Å². The van der Waals surface area contributed by atoms with Crippen LogP contribution in [0.3, 0.4) is 0 Å². The average molecular weight is 358 g/mol. The molecule has 26 heavy (non-hydrogen) atoms. The lowest BCUT2D eigenvalue weighted by Gasteiger charge is -2.14. The van der Waals surface area contributed by atoms with Crippen LogP contribution in [0.25, 0.3) is 0 Å². The molecule has 0 radical (unpaired) electrons. The number of ether oxygens (including phenoxy) is 1. The third-order valence-electron chi connectivity index (χ3n) is 4.06. The quantitative estimate of drug-likeness (QED) is 0.390. The maximum absolute atomic E-state index is 5.63. The van der Waals surface area contributed by atoms with E-state index >= 15 is 0 Å². The van der Waals surface area contributed by atoms with E-state index < -0.39 is 0 Å². The molecular weight excluding hydrogens is 326 g/mol. The summed E-state index contributed by atoms with van der Waals surface area (Å²) < 4.78 is 7.56. The summed E-state index contributed by atoms with van der Waals surface area (Å²) in [4.78, 5) is 4.28. The molecule has 0 atom stereocenters. The van der Waals surface area contributed by atoms with Crippen LogP contribution in [-0.4, -0.2) is 42.5 Å². The highest BCUT2D eigenvalue weighted by molar-refractivity contribution is 5.79. The van der Waals surface area contributed by atoms with Gasteiger partial charge in [0.05, 0.1) is 13.2 Å². The van der Waals surface area contributed by atoms with Crippen LogP contribution in [0.4, 0.5) is 0 Å². The van der Waals surface area contributed by atoms with Crippen molar-refractivity contribution in [3.05, 3.63) is 53.9 Å². The molecule has 0 aliphatic heterocycles. The van der Waals surface area contributed by atoms with Crippen molar-refractivity contribution in [2.45, 2.75) is 33.4 Å². The second-order valence-corrected chi connectivity index (χ2v) is 6.62. The normalized spacial score (nSPS) is 11.8. The molecule has 1 aromatic carbocycles. The number of guanidine groups is 1. The van der Waals surface area contributed by atoms with Gasteiger partial charge in [0.25, 0.3) is 0 Å². The van der Waals surface area contributed by atoms with Gasteiger partial charge in [0, 0.05) is 39.1 Å². The molecule has 6 heteroatoms. The molecule has 0 spiro atoms. The van der Waals surface area contributed by atoms with Gasteiger partial charge in [-0.25, -0.2) is 0 Å². The van der Waals surface area contributed by atoms with Gasteiger partial charge in [-0.2, -0.15) is 5.10 Å². The third-order valence-corrected chi connectivity index (χ3v) is 4.06. The van der Waals surface area contributed by atoms with Crippen molar-refractivity contribution >= 4 is 5.96 Å².